The van der Waals surface area contributed by atoms with Gasteiger partial charge in [0, 0.05) is 19.3 Å². The molecule has 1 unspecified atom stereocenters. The van der Waals surface area contributed by atoms with Crippen molar-refractivity contribution in [1.82, 2.24) is 0 Å². The second-order valence-corrected chi connectivity index (χ2v) is 21.6. The molecule has 80 heavy (non-hydrogen) atoms. The van der Waals surface area contributed by atoms with Crippen LogP contribution in [0.3, 0.4) is 0 Å². The predicted molar refractivity (Wildman–Crippen MR) is 348 cm³/mol. The third kappa shape index (κ3) is 64.4. The van der Waals surface area contributed by atoms with E-state index in [0.29, 0.717) is 19.3 Å². The highest BCUT2D eigenvalue weighted by Crippen LogP contribution is 2.15. The lowest BCUT2D eigenvalue weighted by Gasteiger charge is -2.18. The first kappa shape index (κ1) is 75.5. The van der Waals surface area contributed by atoms with E-state index in [0.717, 1.165) is 148 Å². The number of carbonyl (C=O) groups excluding carboxylic acids is 3. The highest BCUT2D eigenvalue weighted by Gasteiger charge is 2.19. The van der Waals surface area contributed by atoms with Gasteiger partial charge in [-0.25, -0.2) is 0 Å². The van der Waals surface area contributed by atoms with Crippen molar-refractivity contribution in [3.8, 4) is 0 Å². The summed E-state index contributed by atoms with van der Waals surface area (Å²) >= 11 is 0. The van der Waals surface area contributed by atoms with Crippen LogP contribution in [0.5, 0.6) is 0 Å². The first-order valence-electron chi connectivity index (χ1n) is 33.2. The number of rotatable bonds is 59. The molecule has 0 aromatic rings. The van der Waals surface area contributed by atoms with E-state index < -0.39 is 6.10 Å². The Bertz CT molecular complexity index is 1700. The molecule has 0 N–H and O–H groups in total. The summed E-state index contributed by atoms with van der Waals surface area (Å²) in [5.74, 6) is -0.922. The Kier molecular flexibility index (Phi) is 63.3. The van der Waals surface area contributed by atoms with E-state index in [2.05, 4.69) is 154 Å². The molecule has 6 heteroatoms. The van der Waals surface area contributed by atoms with Gasteiger partial charge in [-0.1, -0.05) is 276 Å². The van der Waals surface area contributed by atoms with Gasteiger partial charge < -0.3 is 14.2 Å². The Morgan fingerprint density at radius 2 is 0.500 bits per heavy atom. The minimum absolute atomic E-state index is 0.0941. The van der Waals surface area contributed by atoms with Crippen molar-refractivity contribution < 1.29 is 28.6 Å². The van der Waals surface area contributed by atoms with Crippen molar-refractivity contribution in [3.63, 3.8) is 0 Å². The molecule has 0 spiro atoms. The second-order valence-electron chi connectivity index (χ2n) is 21.6. The molecule has 0 aliphatic carbocycles. The number of hydrogen-bond donors (Lipinski definition) is 0. The van der Waals surface area contributed by atoms with Crippen LogP contribution in [0.15, 0.2) is 134 Å². The van der Waals surface area contributed by atoms with Crippen LogP contribution in [0.4, 0.5) is 0 Å². The molecule has 454 valence electrons. The maximum absolute atomic E-state index is 12.9. The summed E-state index contributed by atoms with van der Waals surface area (Å²) in [6.07, 6.45) is 94.5. The lowest BCUT2D eigenvalue weighted by Crippen LogP contribution is -2.30. The minimum atomic E-state index is -0.798. The zero-order chi connectivity index (χ0) is 57.8. The molecule has 1 atom stereocenters. The van der Waals surface area contributed by atoms with Crippen LogP contribution in [0.2, 0.25) is 0 Å². The normalized spacial score (nSPS) is 13.0. The second kappa shape index (κ2) is 67.1. The zero-order valence-corrected chi connectivity index (χ0v) is 52.0. The van der Waals surface area contributed by atoms with Gasteiger partial charge in [-0.2, -0.15) is 0 Å². The van der Waals surface area contributed by atoms with E-state index in [1.807, 2.05) is 0 Å². The molecule has 0 amide bonds. The fourth-order valence-electron chi connectivity index (χ4n) is 8.88. The van der Waals surface area contributed by atoms with Crippen molar-refractivity contribution in [1.29, 1.82) is 0 Å². The van der Waals surface area contributed by atoms with Crippen LogP contribution in [0.25, 0.3) is 0 Å². The molecule has 0 aliphatic rings. The van der Waals surface area contributed by atoms with Gasteiger partial charge in [0.25, 0.3) is 0 Å². The van der Waals surface area contributed by atoms with Gasteiger partial charge in [0.2, 0.25) is 0 Å². The summed E-state index contributed by atoms with van der Waals surface area (Å²) in [5, 5.41) is 0. The van der Waals surface area contributed by atoms with Crippen LogP contribution in [0, 0.1) is 0 Å². The Hall–Kier alpha value is -4.45. The maximum Gasteiger partial charge on any atom is 0.306 e. The third-order valence-electron chi connectivity index (χ3n) is 13.9. The number of allylic oxidation sites excluding steroid dienone is 22. The van der Waals surface area contributed by atoms with Gasteiger partial charge >= 0.3 is 17.9 Å². The third-order valence-corrected chi connectivity index (χ3v) is 13.9. The van der Waals surface area contributed by atoms with Gasteiger partial charge in [-0.15, -0.1) is 0 Å². The van der Waals surface area contributed by atoms with Crippen LogP contribution in [-0.4, -0.2) is 37.2 Å². The average Bonchev–Trinajstić information content (AvgIpc) is 3.46. The molecule has 0 saturated heterocycles. The molecule has 0 aromatic heterocycles. The van der Waals surface area contributed by atoms with Crippen LogP contribution in [0.1, 0.15) is 297 Å². The highest BCUT2D eigenvalue weighted by molar-refractivity contribution is 5.71. The van der Waals surface area contributed by atoms with Crippen molar-refractivity contribution in [2.24, 2.45) is 0 Å². The molecule has 6 nitrogen and oxygen atoms in total. The lowest BCUT2D eigenvalue weighted by atomic mass is 10.1. The number of carbonyl (C=O) groups is 3. The van der Waals surface area contributed by atoms with E-state index in [1.54, 1.807) is 0 Å². The fraction of sp³-hybridized carbons (Fsp3) is 0.662. The van der Waals surface area contributed by atoms with Gasteiger partial charge in [0.05, 0.1) is 0 Å². The molecular formula is C74H122O6. The highest BCUT2D eigenvalue weighted by atomic mass is 16.6. The first-order chi connectivity index (χ1) is 39.5. The van der Waals surface area contributed by atoms with Crippen molar-refractivity contribution in [3.05, 3.63) is 134 Å². The molecule has 0 rings (SSSR count). The van der Waals surface area contributed by atoms with Crippen LogP contribution >= 0.6 is 0 Å². The van der Waals surface area contributed by atoms with Gasteiger partial charge in [0.15, 0.2) is 6.10 Å². The van der Waals surface area contributed by atoms with E-state index in [1.165, 1.54) is 109 Å². The summed E-state index contributed by atoms with van der Waals surface area (Å²) in [7, 11) is 0. The summed E-state index contributed by atoms with van der Waals surface area (Å²) in [6.45, 7) is 6.46. The average molecular weight is 1110 g/mol. The quantitative estimate of drug-likeness (QED) is 0.0261. The molecule has 0 aromatic carbocycles. The Morgan fingerprint density at radius 1 is 0.263 bits per heavy atom. The molecule has 0 fully saturated rings. The van der Waals surface area contributed by atoms with Gasteiger partial charge in [-0.05, 0) is 135 Å². The van der Waals surface area contributed by atoms with E-state index in [-0.39, 0.29) is 31.1 Å². The number of esters is 3. The largest absolute Gasteiger partial charge is 0.462 e. The molecule has 0 aliphatic heterocycles. The minimum Gasteiger partial charge on any atom is -0.462 e. The number of ether oxygens (including phenoxy) is 3. The van der Waals surface area contributed by atoms with E-state index >= 15 is 0 Å². The van der Waals surface area contributed by atoms with Gasteiger partial charge in [0.1, 0.15) is 13.2 Å². The van der Waals surface area contributed by atoms with Crippen LogP contribution in [-0.2, 0) is 28.6 Å². The number of hydrogen-bond acceptors (Lipinski definition) is 6. The lowest BCUT2D eigenvalue weighted by molar-refractivity contribution is -0.167. The van der Waals surface area contributed by atoms with E-state index in [4.69, 9.17) is 14.2 Å². The zero-order valence-electron chi connectivity index (χ0n) is 52.0. The Balaban J connectivity index is 4.36. The standard InChI is InChI=1S/C74H122O6/c1-4-7-10-13-16-19-22-25-28-30-31-32-33-34-35-36-37-38-39-40-41-42-43-45-46-49-52-55-58-61-64-67-73(76)79-70-71(69-78-72(75)66-63-60-57-54-51-48-27-24-21-18-15-12-9-6-3)80-74(77)68-65-62-59-56-53-50-47-44-29-26-23-20-17-14-11-8-5-2/h7,10,15-16,18-19,24-29,31-32,34-35,37-38,40-41,43,45,71H,4-6,8-9,11-14,17,20-23,30,33,36,39,42,44,46-70H2,1-3H3/b10-7-,18-15-,19-16-,27-24-,28-25-,29-26-,32-31-,35-34-,38-37-,41-40-,45-43-. The first-order valence-corrected chi connectivity index (χ1v) is 33.2. The van der Waals surface area contributed by atoms with Crippen molar-refractivity contribution in [2.45, 2.75) is 303 Å². The number of unbranched alkanes of at least 4 members (excludes halogenated alkanes) is 26. The van der Waals surface area contributed by atoms with E-state index in [9.17, 15) is 14.4 Å². The monoisotopic (exact) mass is 1110 g/mol. The van der Waals surface area contributed by atoms with Crippen molar-refractivity contribution >= 4 is 17.9 Å². The molecule has 0 heterocycles. The molecule has 0 bridgehead atoms. The molecule has 0 radical (unpaired) electrons. The predicted octanol–water partition coefficient (Wildman–Crippen LogP) is 22.9. The SMILES string of the molecule is CC/C=C\C/C=C\C/C=C\C/C=C\C/C=C\C/C=C\C/C=C\C/C=C\CCCCCCCCC(=O)OCC(COC(=O)CCCCCCC/C=C\C/C=C\CCCC)OC(=O)CCCCCCCCC/C=C\CCCCCCCC. The summed E-state index contributed by atoms with van der Waals surface area (Å²) in [5.41, 5.74) is 0. The summed E-state index contributed by atoms with van der Waals surface area (Å²) in [6, 6.07) is 0. The smallest absolute Gasteiger partial charge is 0.306 e. The molecule has 0 saturated carbocycles. The fourth-order valence-corrected chi connectivity index (χ4v) is 8.88. The topological polar surface area (TPSA) is 78.9 Å². The Labute approximate surface area is 494 Å². The molecular weight excluding hydrogens is 985 g/mol. The Morgan fingerprint density at radius 3 is 0.812 bits per heavy atom. The summed E-state index contributed by atoms with van der Waals surface area (Å²) in [4.78, 5) is 38.3. The van der Waals surface area contributed by atoms with Gasteiger partial charge in [-0.3, -0.25) is 14.4 Å². The summed E-state index contributed by atoms with van der Waals surface area (Å²) < 4.78 is 16.9. The van der Waals surface area contributed by atoms with Crippen LogP contribution < -0.4 is 0 Å². The maximum atomic E-state index is 12.9. The van der Waals surface area contributed by atoms with Crippen molar-refractivity contribution in [2.75, 3.05) is 13.2 Å².